The van der Waals surface area contributed by atoms with Gasteiger partial charge in [0.05, 0.1) is 49.4 Å². The first-order valence-electron chi connectivity index (χ1n) is 10.9. The fourth-order valence-corrected chi connectivity index (χ4v) is 6.00. The molecule has 0 atom stereocenters. The topological polar surface area (TPSA) is 125 Å². The van der Waals surface area contributed by atoms with Crippen molar-refractivity contribution >= 4 is 31.2 Å². The highest BCUT2D eigenvalue weighted by Crippen LogP contribution is 2.41. The molecule has 3 aromatic rings. The van der Waals surface area contributed by atoms with Gasteiger partial charge in [-0.15, -0.1) is 0 Å². The Morgan fingerprint density at radius 1 is 0.971 bits per heavy atom. The molecule has 2 aromatic heterocycles. The second-order valence-corrected chi connectivity index (χ2v) is 13.4. The Labute approximate surface area is 206 Å². The van der Waals surface area contributed by atoms with Crippen LogP contribution in [-0.4, -0.2) is 58.0 Å². The number of sulfonamides is 1. The third-order valence-electron chi connectivity index (χ3n) is 5.40. The number of nitrogens with one attached hydrogen (secondary N) is 1. The highest BCUT2D eigenvalue weighted by Gasteiger charge is 2.34. The Morgan fingerprint density at radius 3 is 2.17 bits per heavy atom. The summed E-state index contributed by atoms with van der Waals surface area (Å²) in [5, 5.41) is 0. The summed E-state index contributed by atoms with van der Waals surface area (Å²) < 4.78 is 70.9. The first-order chi connectivity index (χ1) is 16.3. The molecule has 10 nitrogen and oxygen atoms in total. The molecule has 0 aliphatic rings. The molecule has 0 aliphatic heterocycles. The maximum Gasteiger partial charge on any atom is 0.232 e. The SMILES string of the molecule is CCCS(=O)(=O)Nc1cc(-c2cnc3cc(OC)c(S(=O)(=O)C(C)(C)C)cn23)cc(OC)c1OC. The van der Waals surface area contributed by atoms with Gasteiger partial charge in [-0.1, -0.05) is 6.92 Å². The van der Waals surface area contributed by atoms with E-state index in [1.54, 1.807) is 56.5 Å². The second-order valence-electron chi connectivity index (χ2n) is 8.87. The van der Waals surface area contributed by atoms with E-state index in [9.17, 15) is 16.8 Å². The lowest BCUT2D eigenvalue weighted by Gasteiger charge is -2.21. The highest BCUT2D eigenvalue weighted by molar-refractivity contribution is 7.93. The summed E-state index contributed by atoms with van der Waals surface area (Å²) in [6.45, 7) is 6.61. The van der Waals surface area contributed by atoms with E-state index < -0.39 is 24.6 Å². The van der Waals surface area contributed by atoms with Crippen LogP contribution in [0.3, 0.4) is 0 Å². The number of pyridine rings is 1. The minimum absolute atomic E-state index is 0.0172. The van der Waals surface area contributed by atoms with Crippen molar-refractivity contribution in [2.75, 3.05) is 31.8 Å². The molecule has 0 unspecified atom stereocenters. The number of aromatic nitrogens is 2. The van der Waals surface area contributed by atoms with Crippen molar-refractivity contribution in [1.29, 1.82) is 0 Å². The molecule has 0 radical (unpaired) electrons. The Bertz CT molecular complexity index is 1450. The molecule has 3 rings (SSSR count). The number of nitrogens with zero attached hydrogens (tertiary/aromatic N) is 2. The first-order valence-corrected chi connectivity index (χ1v) is 14.0. The number of hydrogen-bond acceptors (Lipinski definition) is 8. The molecule has 0 saturated heterocycles. The molecule has 1 N–H and O–H groups in total. The Hall–Kier alpha value is -2.99. The number of sulfone groups is 1. The molecule has 0 saturated carbocycles. The summed E-state index contributed by atoms with van der Waals surface area (Å²) in [5.74, 6) is 0.643. The number of fused-ring (bicyclic) bond motifs is 1. The summed E-state index contributed by atoms with van der Waals surface area (Å²) in [6, 6.07) is 4.82. The van der Waals surface area contributed by atoms with Gasteiger partial charge in [-0.05, 0) is 39.3 Å². The molecule has 0 amide bonds. The molecule has 0 fully saturated rings. The maximum absolute atomic E-state index is 13.3. The molecule has 1 aromatic carbocycles. The number of anilines is 1. The smallest absolute Gasteiger partial charge is 0.232 e. The summed E-state index contributed by atoms with van der Waals surface area (Å²) in [5.41, 5.74) is 1.70. The average molecular weight is 526 g/mol. The van der Waals surface area contributed by atoms with Crippen molar-refractivity contribution in [3.63, 3.8) is 0 Å². The van der Waals surface area contributed by atoms with Gasteiger partial charge in [0, 0.05) is 17.8 Å². The highest BCUT2D eigenvalue weighted by atomic mass is 32.2. The van der Waals surface area contributed by atoms with Crippen LogP contribution < -0.4 is 18.9 Å². The average Bonchev–Trinajstić information content (AvgIpc) is 3.19. The molecule has 35 heavy (non-hydrogen) atoms. The van der Waals surface area contributed by atoms with E-state index >= 15 is 0 Å². The lowest BCUT2D eigenvalue weighted by molar-refractivity contribution is 0.356. The number of ether oxygens (including phenoxy) is 3. The fraction of sp³-hybridized carbons (Fsp3) is 0.435. The third kappa shape index (κ3) is 5.03. The van der Waals surface area contributed by atoms with Crippen molar-refractivity contribution < 1.29 is 31.0 Å². The molecule has 0 aliphatic carbocycles. The van der Waals surface area contributed by atoms with E-state index in [2.05, 4.69) is 9.71 Å². The van der Waals surface area contributed by atoms with E-state index in [4.69, 9.17) is 14.2 Å². The molecular formula is C23H31N3O7S2. The zero-order chi connectivity index (χ0) is 26.2. The summed E-state index contributed by atoms with van der Waals surface area (Å²) in [7, 11) is -3.12. The first kappa shape index (κ1) is 26.6. The normalized spacial score (nSPS) is 12.5. The Balaban J connectivity index is 2.29. The zero-order valence-corrected chi connectivity index (χ0v) is 22.5. The third-order valence-corrected chi connectivity index (χ3v) is 9.38. The van der Waals surface area contributed by atoms with Gasteiger partial charge in [-0.2, -0.15) is 0 Å². The van der Waals surface area contributed by atoms with Crippen LogP contribution in [0.4, 0.5) is 5.69 Å². The van der Waals surface area contributed by atoms with Gasteiger partial charge in [0.2, 0.25) is 10.0 Å². The molecule has 0 spiro atoms. The van der Waals surface area contributed by atoms with Crippen LogP contribution >= 0.6 is 0 Å². The summed E-state index contributed by atoms with van der Waals surface area (Å²) in [6.07, 6.45) is 3.47. The predicted octanol–water partition coefficient (Wildman–Crippen LogP) is 3.75. The Kier molecular flexibility index (Phi) is 7.28. The van der Waals surface area contributed by atoms with E-state index in [0.717, 1.165) is 0 Å². The summed E-state index contributed by atoms with van der Waals surface area (Å²) in [4.78, 5) is 4.42. The van der Waals surface area contributed by atoms with Gasteiger partial charge in [0.15, 0.2) is 21.3 Å². The second kappa shape index (κ2) is 9.57. The van der Waals surface area contributed by atoms with Gasteiger partial charge in [0.25, 0.3) is 0 Å². The maximum atomic E-state index is 13.3. The molecular weight excluding hydrogens is 494 g/mol. The van der Waals surface area contributed by atoms with Gasteiger partial charge < -0.3 is 14.2 Å². The number of benzene rings is 1. The minimum Gasteiger partial charge on any atom is -0.495 e. The van der Waals surface area contributed by atoms with Crippen molar-refractivity contribution in [2.45, 2.75) is 43.8 Å². The van der Waals surface area contributed by atoms with Crippen LogP contribution in [0.5, 0.6) is 17.2 Å². The van der Waals surface area contributed by atoms with E-state index in [0.29, 0.717) is 29.1 Å². The van der Waals surface area contributed by atoms with Crippen molar-refractivity contribution in [2.24, 2.45) is 0 Å². The lowest BCUT2D eigenvalue weighted by Crippen LogP contribution is -2.28. The monoisotopic (exact) mass is 525 g/mol. The minimum atomic E-state index is -3.76. The van der Waals surface area contributed by atoms with Crippen LogP contribution in [0.15, 0.2) is 35.5 Å². The lowest BCUT2D eigenvalue weighted by atomic mass is 10.1. The van der Waals surface area contributed by atoms with Crippen molar-refractivity contribution in [1.82, 2.24) is 9.38 Å². The number of rotatable bonds is 9. The molecule has 0 bridgehead atoms. The molecule has 2 heterocycles. The summed E-state index contributed by atoms with van der Waals surface area (Å²) >= 11 is 0. The van der Waals surface area contributed by atoms with Crippen LogP contribution in [0.1, 0.15) is 34.1 Å². The van der Waals surface area contributed by atoms with Gasteiger partial charge in [0.1, 0.15) is 16.3 Å². The van der Waals surface area contributed by atoms with E-state index in [-0.39, 0.29) is 27.8 Å². The Morgan fingerprint density at radius 2 is 1.63 bits per heavy atom. The standard InChI is InChI=1S/C23H31N3O7S2/c1-8-9-34(27,28)25-16-10-15(11-19(32-6)22(16)33-7)17-13-24-21-12-18(31-5)20(14-26(17)21)35(29,30)23(2,3)4/h10-14,25H,8-9H2,1-7H3. The predicted molar refractivity (Wildman–Crippen MR) is 135 cm³/mol. The van der Waals surface area contributed by atoms with Gasteiger partial charge in [-0.25, -0.2) is 21.8 Å². The number of imidazole rings is 1. The van der Waals surface area contributed by atoms with Gasteiger partial charge >= 0.3 is 0 Å². The quantitative estimate of drug-likeness (QED) is 0.448. The molecule has 192 valence electrons. The van der Waals surface area contributed by atoms with Crippen LogP contribution in [-0.2, 0) is 19.9 Å². The van der Waals surface area contributed by atoms with Crippen LogP contribution in [0.25, 0.3) is 16.9 Å². The number of hydrogen-bond donors (Lipinski definition) is 1. The zero-order valence-electron chi connectivity index (χ0n) is 20.9. The largest absolute Gasteiger partial charge is 0.495 e. The van der Waals surface area contributed by atoms with Crippen LogP contribution in [0.2, 0.25) is 0 Å². The van der Waals surface area contributed by atoms with Crippen molar-refractivity contribution in [3.8, 4) is 28.5 Å². The van der Waals surface area contributed by atoms with Crippen molar-refractivity contribution in [3.05, 3.63) is 30.6 Å². The van der Waals surface area contributed by atoms with E-state index in [1.165, 1.54) is 27.5 Å². The fourth-order valence-electron chi connectivity index (χ4n) is 3.57. The van der Waals surface area contributed by atoms with Crippen LogP contribution in [0, 0.1) is 0 Å². The van der Waals surface area contributed by atoms with Gasteiger partial charge in [-0.3, -0.25) is 9.12 Å². The molecule has 12 heteroatoms. The van der Waals surface area contributed by atoms with E-state index in [1.807, 2.05) is 0 Å². The number of methoxy groups -OCH3 is 3.